The summed E-state index contributed by atoms with van der Waals surface area (Å²) in [7, 11) is -3.37. The van der Waals surface area contributed by atoms with Crippen LogP contribution in [-0.2, 0) is 10.0 Å². The van der Waals surface area contributed by atoms with Crippen molar-refractivity contribution in [2.45, 2.75) is 32.9 Å². The number of thiocarbonyl (C=S) groups is 1. The average Bonchev–Trinajstić information content (AvgIpc) is 3.34. The van der Waals surface area contributed by atoms with Crippen molar-refractivity contribution < 1.29 is 8.42 Å². The van der Waals surface area contributed by atoms with Gasteiger partial charge in [0.2, 0.25) is 10.0 Å². The van der Waals surface area contributed by atoms with E-state index in [0.717, 1.165) is 46.0 Å². The quantitative estimate of drug-likeness (QED) is 0.347. The van der Waals surface area contributed by atoms with Gasteiger partial charge >= 0.3 is 0 Å². The van der Waals surface area contributed by atoms with E-state index < -0.39 is 10.0 Å². The van der Waals surface area contributed by atoms with E-state index >= 15 is 0 Å². The van der Waals surface area contributed by atoms with Gasteiger partial charge in [0, 0.05) is 35.2 Å². The zero-order valence-corrected chi connectivity index (χ0v) is 22.6. The monoisotopic (exact) mass is 532 g/mol. The molecular weight excluding hydrogens is 504 g/mol. The molecule has 0 unspecified atom stereocenters. The summed E-state index contributed by atoms with van der Waals surface area (Å²) in [4.78, 5) is 11.3. The molecule has 1 saturated heterocycles. The van der Waals surface area contributed by atoms with Crippen molar-refractivity contribution in [1.82, 2.24) is 19.9 Å². The molecule has 2 N–H and O–H groups in total. The molecule has 0 saturated carbocycles. The molecule has 4 heterocycles. The largest absolute Gasteiger partial charge is 0.351 e. The smallest absolute Gasteiger partial charge is 0.229 e. The maximum atomic E-state index is 11.7. The topological polar surface area (TPSA) is 92.2 Å². The third-order valence-electron chi connectivity index (χ3n) is 6.47. The summed E-state index contributed by atoms with van der Waals surface area (Å²) >= 11 is 5.85. The molecule has 4 aromatic rings. The molecule has 0 amide bonds. The minimum absolute atomic E-state index is 0.193. The Morgan fingerprint density at radius 1 is 0.973 bits per heavy atom. The van der Waals surface area contributed by atoms with Crippen LogP contribution in [-0.4, -0.2) is 34.3 Å². The van der Waals surface area contributed by atoms with Crippen LogP contribution in [0.4, 0.5) is 11.4 Å². The number of hydrogen-bond acceptors (Lipinski definition) is 5. The fourth-order valence-electron chi connectivity index (χ4n) is 4.94. The van der Waals surface area contributed by atoms with Crippen LogP contribution in [0.2, 0.25) is 0 Å². The second-order valence-corrected chi connectivity index (χ2v) is 11.4. The van der Waals surface area contributed by atoms with Crippen LogP contribution in [0.15, 0.2) is 73.1 Å². The van der Waals surface area contributed by atoms with Crippen LogP contribution in [0.3, 0.4) is 0 Å². The lowest BCUT2D eigenvalue weighted by atomic mass is 9.96. The molecule has 190 valence electrons. The number of anilines is 2. The van der Waals surface area contributed by atoms with E-state index in [1.165, 1.54) is 0 Å². The highest BCUT2D eigenvalue weighted by molar-refractivity contribution is 7.92. The van der Waals surface area contributed by atoms with Gasteiger partial charge < -0.3 is 14.8 Å². The van der Waals surface area contributed by atoms with Gasteiger partial charge in [0.25, 0.3) is 0 Å². The number of aromatic nitrogens is 3. The van der Waals surface area contributed by atoms with Crippen molar-refractivity contribution in [3.8, 4) is 5.82 Å². The van der Waals surface area contributed by atoms with Crippen LogP contribution in [0, 0.1) is 20.8 Å². The Kier molecular flexibility index (Phi) is 6.47. The normalized spacial score (nSPS) is 17.6. The Hall–Kier alpha value is -3.76. The van der Waals surface area contributed by atoms with Gasteiger partial charge in [-0.15, -0.1) is 0 Å². The van der Waals surface area contributed by atoms with Crippen molar-refractivity contribution in [2.75, 3.05) is 15.9 Å². The van der Waals surface area contributed by atoms with E-state index in [0.29, 0.717) is 10.8 Å². The van der Waals surface area contributed by atoms with Gasteiger partial charge in [0.05, 0.1) is 24.0 Å². The fourth-order valence-corrected chi connectivity index (χ4v) is 5.85. The van der Waals surface area contributed by atoms with Crippen LogP contribution in [0.5, 0.6) is 0 Å². The van der Waals surface area contributed by atoms with E-state index in [1.54, 1.807) is 18.3 Å². The second-order valence-electron chi connectivity index (χ2n) is 9.27. The van der Waals surface area contributed by atoms with Crippen molar-refractivity contribution in [3.63, 3.8) is 0 Å². The van der Waals surface area contributed by atoms with Gasteiger partial charge in [-0.05, 0) is 98.7 Å². The van der Waals surface area contributed by atoms with Crippen LogP contribution in [0.1, 0.15) is 40.3 Å². The highest BCUT2D eigenvalue weighted by Crippen LogP contribution is 2.43. The first-order chi connectivity index (χ1) is 17.6. The van der Waals surface area contributed by atoms with Gasteiger partial charge in [0.1, 0.15) is 5.82 Å². The van der Waals surface area contributed by atoms with Gasteiger partial charge in [-0.3, -0.25) is 9.71 Å². The molecule has 0 aliphatic carbocycles. The first kappa shape index (κ1) is 24.9. The molecule has 8 nitrogen and oxygen atoms in total. The zero-order chi connectivity index (χ0) is 26.3. The van der Waals surface area contributed by atoms with Crippen molar-refractivity contribution in [2.24, 2.45) is 0 Å². The molecule has 3 aromatic heterocycles. The molecular formula is C27H28N6O2S2. The summed E-state index contributed by atoms with van der Waals surface area (Å²) in [6.45, 7) is 6.23. The van der Waals surface area contributed by atoms with Crippen molar-refractivity contribution in [1.29, 1.82) is 0 Å². The highest BCUT2D eigenvalue weighted by Gasteiger charge is 2.42. The fraction of sp³-hybridized carbons (Fsp3) is 0.222. The number of nitrogens with zero attached hydrogens (tertiary/aromatic N) is 4. The lowest BCUT2D eigenvalue weighted by Crippen LogP contribution is -2.29. The van der Waals surface area contributed by atoms with E-state index in [4.69, 9.17) is 12.2 Å². The van der Waals surface area contributed by atoms with Gasteiger partial charge in [-0.2, -0.15) is 0 Å². The molecule has 5 rings (SSSR count). The maximum absolute atomic E-state index is 11.7. The standard InChI is InChI=1S/C27H28N6O2S2/c1-17-12-14-29-24(15-17)32-18(2)16-22(19(32)3)26-25(23-7-5-6-13-28-23)30-27(36)33(26)21-10-8-20(9-11-21)31-37(4,34)35/h5-16,25-26,31H,1-4H3,(H,30,36)/t25-,26-/m0/s1. The lowest BCUT2D eigenvalue weighted by molar-refractivity contribution is 0.565. The minimum Gasteiger partial charge on any atom is -0.351 e. The molecule has 1 aliphatic heterocycles. The Labute approximate surface area is 222 Å². The predicted molar refractivity (Wildman–Crippen MR) is 151 cm³/mol. The molecule has 1 aromatic carbocycles. The number of nitrogens with one attached hydrogen (secondary N) is 2. The number of hydrogen-bond donors (Lipinski definition) is 2. The molecule has 0 bridgehead atoms. The average molecular weight is 533 g/mol. The number of pyridine rings is 2. The molecule has 1 fully saturated rings. The number of sulfonamides is 1. The summed E-state index contributed by atoms with van der Waals surface area (Å²) in [5, 5.41) is 4.06. The third-order valence-corrected chi connectivity index (χ3v) is 7.39. The number of aryl methyl sites for hydroxylation is 2. The van der Waals surface area contributed by atoms with E-state index in [1.807, 2.05) is 42.6 Å². The third kappa shape index (κ3) is 4.94. The first-order valence-corrected chi connectivity index (χ1v) is 14.1. The van der Waals surface area contributed by atoms with Gasteiger partial charge in [-0.25, -0.2) is 13.4 Å². The number of benzene rings is 1. The maximum Gasteiger partial charge on any atom is 0.229 e. The summed E-state index contributed by atoms with van der Waals surface area (Å²) in [6.07, 6.45) is 4.74. The molecule has 37 heavy (non-hydrogen) atoms. The van der Waals surface area contributed by atoms with Gasteiger partial charge in [0.15, 0.2) is 5.11 Å². The van der Waals surface area contributed by atoms with Crippen LogP contribution >= 0.6 is 12.2 Å². The summed E-state index contributed by atoms with van der Waals surface area (Å²) in [5.41, 5.74) is 6.58. The molecule has 0 radical (unpaired) electrons. The summed E-state index contributed by atoms with van der Waals surface area (Å²) in [5.74, 6) is 0.868. The molecule has 0 spiro atoms. The Morgan fingerprint density at radius 3 is 2.38 bits per heavy atom. The van der Waals surface area contributed by atoms with Crippen molar-refractivity contribution in [3.05, 3.63) is 101 Å². The zero-order valence-electron chi connectivity index (χ0n) is 21.0. The van der Waals surface area contributed by atoms with E-state index in [2.05, 4.69) is 62.4 Å². The van der Waals surface area contributed by atoms with E-state index in [9.17, 15) is 8.42 Å². The van der Waals surface area contributed by atoms with Crippen molar-refractivity contribution >= 4 is 38.7 Å². The Bertz CT molecular complexity index is 1570. The molecule has 10 heteroatoms. The Morgan fingerprint density at radius 2 is 1.73 bits per heavy atom. The predicted octanol–water partition coefficient (Wildman–Crippen LogP) is 4.74. The summed E-state index contributed by atoms with van der Waals surface area (Å²) in [6, 6.07) is 18.9. The lowest BCUT2D eigenvalue weighted by Gasteiger charge is -2.28. The van der Waals surface area contributed by atoms with E-state index in [-0.39, 0.29) is 12.1 Å². The molecule has 1 aliphatic rings. The van der Waals surface area contributed by atoms with Crippen LogP contribution in [0.25, 0.3) is 5.82 Å². The van der Waals surface area contributed by atoms with Gasteiger partial charge in [-0.1, -0.05) is 6.07 Å². The molecule has 2 atom stereocenters. The highest BCUT2D eigenvalue weighted by atomic mass is 32.2. The summed E-state index contributed by atoms with van der Waals surface area (Å²) < 4.78 is 28.0. The van der Waals surface area contributed by atoms with Crippen LogP contribution < -0.4 is 14.9 Å². The first-order valence-electron chi connectivity index (χ1n) is 11.8. The number of rotatable bonds is 6. The second kappa shape index (κ2) is 9.60. The Balaban J connectivity index is 1.63. The SMILES string of the molecule is Cc1ccnc(-n2c(C)cc([C@H]3[C@H](c4ccccn4)NC(=S)N3c3ccc(NS(C)(=O)=O)cc3)c2C)c1. The minimum atomic E-state index is -3.37.